The van der Waals surface area contributed by atoms with Crippen molar-refractivity contribution in [2.45, 2.75) is 12.5 Å². The first kappa shape index (κ1) is 11.6. The number of nitrogens with zero attached hydrogens (tertiary/aromatic N) is 2. The van der Waals surface area contributed by atoms with Gasteiger partial charge in [-0.1, -0.05) is 18.2 Å². The molecular formula is C12H13IN2O. The number of hydrogen-bond donors (Lipinski definition) is 1. The number of halogens is 1. The molecule has 3 nitrogen and oxygen atoms in total. The fourth-order valence-corrected chi connectivity index (χ4v) is 2.40. The normalized spacial score (nSPS) is 12.7. The van der Waals surface area contributed by atoms with E-state index in [1.54, 1.807) is 10.9 Å². The van der Waals surface area contributed by atoms with Crippen molar-refractivity contribution >= 4 is 22.6 Å². The highest BCUT2D eigenvalue weighted by Gasteiger charge is 2.12. The molecule has 1 N–H and O–H groups in total. The van der Waals surface area contributed by atoms with Crippen LogP contribution in [0.4, 0.5) is 0 Å². The molecule has 1 aromatic carbocycles. The summed E-state index contributed by atoms with van der Waals surface area (Å²) in [6.45, 7) is 0. The minimum atomic E-state index is -0.461. The lowest BCUT2D eigenvalue weighted by Gasteiger charge is -2.11. The Hall–Kier alpha value is -0.880. The maximum Gasteiger partial charge on any atom is 0.0841 e. The molecule has 0 saturated carbocycles. The molecule has 0 aliphatic heterocycles. The molecule has 0 radical (unpaired) electrons. The van der Waals surface area contributed by atoms with Gasteiger partial charge in [0, 0.05) is 23.2 Å². The molecule has 0 amide bonds. The predicted octanol–water partition coefficient (Wildman–Crippen LogP) is 2.30. The Morgan fingerprint density at radius 3 is 2.81 bits per heavy atom. The molecule has 2 rings (SSSR count). The number of aliphatic hydroxyl groups is 1. The smallest absolute Gasteiger partial charge is 0.0841 e. The molecule has 1 aromatic heterocycles. The fraction of sp³-hybridized carbons (Fsp3) is 0.250. The lowest BCUT2D eigenvalue weighted by atomic mass is 10.0. The standard InChI is InChI=1S/C12H13IN2O/c1-15-8-9(7-14-15)6-12(16)10-4-2-3-5-11(10)13/h2-5,7-8,12,16H,6H2,1H3. The second kappa shape index (κ2) is 4.97. The summed E-state index contributed by atoms with van der Waals surface area (Å²) in [4.78, 5) is 0. The van der Waals surface area contributed by atoms with Crippen LogP contribution in [0.2, 0.25) is 0 Å². The first-order chi connectivity index (χ1) is 7.66. The number of aryl methyl sites for hydroxylation is 1. The van der Waals surface area contributed by atoms with Gasteiger partial charge in [-0.05, 0) is 39.8 Å². The van der Waals surface area contributed by atoms with Gasteiger partial charge in [0.05, 0.1) is 12.3 Å². The zero-order chi connectivity index (χ0) is 11.5. The summed E-state index contributed by atoms with van der Waals surface area (Å²) in [5.41, 5.74) is 2.03. The Bertz CT molecular complexity index is 481. The van der Waals surface area contributed by atoms with Gasteiger partial charge in [-0.2, -0.15) is 5.10 Å². The number of benzene rings is 1. The summed E-state index contributed by atoms with van der Waals surface area (Å²) < 4.78 is 2.84. The zero-order valence-electron chi connectivity index (χ0n) is 8.97. The highest BCUT2D eigenvalue weighted by Crippen LogP contribution is 2.22. The minimum Gasteiger partial charge on any atom is -0.388 e. The van der Waals surface area contributed by atoms with Crippen LogP contribution in [-0.2, 0) is 13.5 Å². The zero-order valence-corrected chi connectivity index (χ0v) is 11.1. The molecule has 0 bridgehead atoms. The average molecular weight is 328 g/mol. The monoisotopic (exact) mass is 328 g/mol. The Morgan fingerprint density at radius 1 is 1.44 bits per heavy atom. The second-order valence-electron chi connectivity index (χ2n) is 3.76. The van der Waals surface area contributed by atoms with Crippen molar-refractivity contribution in [2.24, 2.45) is 7.05 Å². The van der Waals surface area contributed by atoms with Gasteiger partial charge in [-0.15, -0.1) is 0 Å². The summed E-state index contributed by atoms with van der Waals surface area (Å²) in [5.74, 6) is 0. The number of rotatable bonds is 3. The van der Waals surface area contributed by atoms with Gasteiger partial charge in [-0.25, -0.2) is 0 Å². The third kappa shape index (κ3) is 2.62. The number of hydrogen-bond acceptors (Lipinski definition) is 2. The largest absolute Gasteiger partial charge is 0.388 e. The van der Waals surface area contributed by atoms with Crippen LogP contribution in [0.1, 0.15) is 17.2 Å². The number of aliphatic hydroxyl groups excluding tert-OH is 1. The van der Waals surface area contributed by atoms with Crippen molar-refractivity contribution in [1.82, 2.24) is 9.78 Å². The van der Waals surface area contributed by atoms with Gasteiger partial charge < -0.3 is 5.11 Å². The van der Waals surface area contributed by atoms with Crippen LogP contribution in [0.3, 0.4) is 0 Å². The van der Waals surface area contributed by atoms with Crippen molar-refractivity contribution < 1.29 is 5.11 Å². The van der Waals surface area contributed by atoms with E-state index in [-0.39, 0.29) is 0 Å². The molecule has 1 heterocycles. The summed E-state index contributed by atoms with van der Waals surface area (Å²) in [7, 11) is 1.88. The summed E-state index contributed by atoms with van der Waals surface area (Å²) >= 11 is 2.24. The van der Waals surface area contributed by atoms with E-state index in [4.69, 9.17) is 0 Å². The summed E-state index contributed by atoms with van der Waals surface area (Å²) in [5, 5.41) is 14.2. The molecule has 0 spiro atoms. The maximum atomic E-state index is 10.1. The van der Waals surface area contributed by atoms with E-state index in [9.17, 15) is 5.11 Å². The SMILES string of the molecule is Cn1cc(CC(O)c2ccccc2I)cn1. The van der Waals surface area contributed by atoms with Crippen molar-refractivity contribution in [2.75, 3.05) is 0 Å². The molecule has 1 atom stereocenters. The Balaban J connectivity index is 2.14. The van der Waals surface area contributed by atoms with Crippen molar-refractivity contribution in [3.63, 3.8) is 0 Å². The number of aromatic nitrogens is 2. The van der Waals surface area contributed by atoms with E-state index in [2.05, 4.69) is 27.7 Å². The third-order valence-electron chi connectivity index (χ3n) is 2.45. The van der Waals surface area contributed by atoms with E-state index in [0.29, 0.717) is 6.42 Å². The Kier molecular flexibility index (Phi) is 3.60. The predicted molar refractivity (Wildman–Crippen MR) is 71.0 cm³/mol. The van der Waals surface area contributed by atoms with Gasteiger partial charge in [-0.3, -0.25) is 4.68 Å². The lowest BCUT2D eigenvalue weighted by molar-refractivity contribution is 0.177. The minimum absolute atomic E-state index is 0.461. The Labute approximate surface area is 108 Å². The van der Waals surface area contributed by atoms with Crippen LogP contribution in [0, 0.1) is 3.57 Å². The molecular weight excluding hydrogens is 315 g/mol. The lowest BCUT2D eigenvalue weighted by Crippen LogP contribution is -2.03. The van der Waals surface area contributed by atoms with E-state index in [1.807, 2.05) is 37.5 Å². The molecule has 4 heteroatoms. The van der Waals surface area contributed by atoms with Crippen molar-refractivity contribution in [3.05, 3.63) is 51.4 Å². The highest BCUT2D eigenvalue weighted by atomic mass is 127. The summed E-state index contributed by atoms with van der Waals surface area (Å²) in [6.07, 6.45) is 3.86. The third-order valence-corrected chi connectivity index (χ3v) is 3.43. The van der Waals surface area contributed by atoms with Crippen LogP contribution in [0.15, 0.2) is 36.7 Å². The molecule has 2 aromatic rings. The first-order valence-corrected chi connectivity index (χ1v) is 6.14. The summed E-state index contributed by atoms with van der Waals surface area (Å²) in [6, 6.07) is 7.89. The molecule has 0 aliphatic carbocycles. The van der Waals surface area contributed by atoms with Crippen LogP contribution in [0.25, 0.3) is 0 Å². The van der Waals surface area contributed by atoms with E-state index < -0.39 is 6.10 Å². The molecule has 16 heavy (non-hydrogen) atoms. The van der Waals surface area contributed by atoms with Gasteiger partial charge >= 0.3 is 0 Å². The molecule has 0 saturated heterocycles. The average Bonchev–Trinajstić information content (AvgIpc) is 2.64. The Morgan fingerprint density at radius 2 is 2.19 bits per heavy atom. The van der Waals surface area contributed by atoms with Gasteiger partial charge in [0.1, 0.15) is 0 Å². The molecule has 84 valence electrons. The van der Waals surface area contributed by atoms with Gasteiger partial charge in [0.25, 0.3) is 0 Å². The van der Waals surface area contributed by atoms with E-state index >= 15 is 0 Å². The maximum absolute atomic E-state index is 10.1. The quantitative estimate of drug-likeness (QED) is 0.878. The van der Waals surface area contributed by atoms with Crippen molar-refractivity contribution in [1.29, 1.82) is 0 Å². The van der Waals surface area contributed by atoms with Crippen LogP contribution in [-0.4, -0.2) is 14.9 Å². The van der Waals surface area contributed by atoms with Crippen LogP contribution >= 0.6 is 22.6 Å². The highest BCUT2D eigenvalue weighted by molar-refractivity contribution is 14.1. The van der Waals surface area contributed by atoms with E-state index in [1.165, 1.54) is 0 Å². The van der Waals surface area contributed by atoms with Gasteiger partial charge in [0.2, 0.25) is 0 Å². The molecule has 1 unspecified atom stereocenters. The van der Waals surface area contributed by atoms with Crippen LogP contribution in [0.5, 0.6) is 0 Å². The molecule has 0 aliphatic rings. The first-order valence-electron chi connectivity index (χ1n) is 5.07. The van der Waals surface area contributed by atoms with E-state index in [0.717, 1.165) is 14.7 Å². The fourth-order valence-electron chi connectivity index (χ4n) is 1.66. The second-order valence-corrected chi connectivity index (χ2v) is 4.93. The van der Waals surface area contributed by atoms with Gasteiger partial charge in [0.15, 0.2) is 0 Å². The van der Waals surface area contributed by atoms with Crippen molar-refractivity contribution in [3.8, 4) is 0 Å². The van der Waals surface area contributed by atoms with Crippen LogP contribution < -0.4 is 0 Å². The molecule has 0 fully saturated rings. The topological polar surface area (TPSA) is 38.0 Å².